The van der Waals surface area contributed by atoms with Crippen molar-refractivity contribution in [1.82, 2.24) is 14.7 Å². The Morgan fingerprint density at radius 1 is 1.28 bits per heavy atom. The zero-order valence-electron chi connectivity index (χ0n) is 13.7. The van der Waals surface area contributed by atoms with E-state index in [9.17, 15) is 4.79 Å². The topological polar surface area (TPSA) is 64.9 Å². The highest BCUT2D eigenvalue weighted by molar-refractivity contribution is 7.17. The minimum atomic E-state index is -0.0580. The fourth-order valence-corrected chi connectivity index (χ4v) is 4.46. The molecule has 25 heavy (non-hydrogen) atoms. The van der Waals surface area contributed by atoms with Crippen LogP contribution in [-0.2, 0) is 11.3 Å². The number of aromatic nitrogens is 2. The third kappa shape index (κ3) is 2.38. The van der Waals surface area contributed by atoms with Crippen molar-refractivity contribution in [2.75, 3.05) is 13.2 Å². The number of nitrogens with zero attached hydrogens (tertiary/aromatic N) is 2. The molecule has 0 bridgehead atoms. The molecule has 128 valence electrons. The summed E-state index contributed by atoms with van der Waals surface area (Å²) in [5, 5.41) is 2.96. The van der Waals surface area contributed by atoms with Crippen LogP contribution < -0.4 is 14.8 Å². The largest absolute Gasteiger partial charge is 0.486 e. The van der Waals surface area contributed by atoms with E-state index in [4.69, 9.17) is 14.5 Å². The summed E-state index contributed by atoms with van der Waals surface area (Å²) in [4.78, 5) is 19.2. The first-order chi connectivity index (χ1) is 12.2. The number of hydrogen-bond acceptors (Lipinski definition) is 5. The lowest BCUT2D eigenvalue weighted by Gasteiger charge is -2.21. The van der Waals surface area contributed by atoms with Gasteiger partial charge in [0, 0.05) is 23.4 Å². The third-order valence-corrected chi connectivity index (χ3v) is 5.59. The van der Waals surface area contributed by atoms with Gasteiger partial charge in [-0.3, -0.25) is 9.20 Å². The number of fused-ring (bicyclic) bond motifs is 4. The Morgan fingerprint density at radius 3 is 3.00 bits per heavy atom. The molecule has 1 atom stereocenters. The van der Waals surface area contributed by atoms with Crippen LogP contribution in [0.2, 0.25) is 0 Å². The summed E-state index contributed by atoms with van der Waals surface area (Å²) >= 11 is 1.67. The highest BCUT2D eigenvalue weighted by atomic mass is 32.1. The van der Waals surface area contributed by atoms with E-state index in [0.29, 0.717) is 26.2 Å². The monoisotopic (exact) mass is 355 g/mol. The summed E-state index contributed by atoms with van der Waals surface area (Å²) in [6.45, 7) is 3.67. The molecule has 2 aliphatic rings. The van der Waals surface area contributed by atoms with Crippen LogP contribution in [0.1, 0.15) is 34.2 Å². The van der Waals surface area contributed by atoms with Crippen molar-refractivity contribution in [3.63, 3.8) is 0 Å². The number of ether oxygens (including phenoxy) is 2. The highest BCUT2D eigenvalue weighted by Gasteiger charge is 2.30. The van der Waals surface area contributed by atoms with Gasteiger partial charge in [-0.1, -0.05) is 6.07 Å². The van der Waals surface area contributed by atoms with E-state index in [1.807, 2.05) is 18.2 Å². The van der Waals surface area contributed by atoms with Crippen LogP contribution >= 0.6 is 11.3 Å². The average Bonchev–Trinajstić information content (AvgIpc) is 3.07. The van der Waals surface area contributed by atoms with Crippen LogP contribution in [0, 0.1) is 6.92 Å². The van der Waals surface area contributed by atoms with E-state index < -0.39 is 0 Å². The number of thiazole rings is 1. The Balaban J connectivity index is 1.68. The second kappa shape index (κ2) is 5.49. The molecule has 0 radical (unpaired) electrons. The van der Waals surface area contributed by atoms with Crippen molar-refractivity contribution in [3.8, 4) is 11.5 Å². The minimum absolute atomic E-state index is 0.0404. The molecule has 1 amide bonds. The first-order valence-electron chi connectivity index (χ1n) is 8.32. The molecular formula is C18H17N3O3S. The van der Waals surface area contributed by atoms with Gasteiger partial charge in [-0.25, -0.2) is 4.98 Å². The Hall–Kier alpha value is -2.54. The van der Waals surface area contributed by atoms with Gasteiger partial charge in [0.05, 0.1) is 17.9 Å². The number of rotatable bonds is 1. The van der Waals surface area contributed by atoms with Crippen LogP contribution in [0.5, 0.6) is 11.5 Å². The number of carbonyl (C=O) groups is 1. The Morgan fingerprint density at radius 2 is 2.12 bits per heavy atom. The van der Waals surface area contributed by atoms with E-state index in [0.717, 1.165) is 33.4 Å². The molecule has 0 spiro atoms. The normalized spacial score (nSPS) is 19.4. The molecule has 2 aromatic heterocycles. The summed E-state index contributed by atoms with van der Waals surface area (Å²) < 4.78 is 13.5. The average molecular weight is 355 g/mol. The van der Waals surface area contributed by atoms with Crippen molar-refractivity contribution in [2.24, 2.45) is 0 Å². The van der Waals surface area contributed by atoms with Gasteiger partial charge in [-0.2, -0.15) is 0 Å². The number of amides is 1. The van der Waals surface area contributed by atoms with Gasteiger partial charge in [0.15, 0.2) is 16.5 Å². The molecule has 0 fully saturated rings. The molecule has 1 N–H and O–H groups in total. The van der Waals surface area contributed by atoms with Crippen LogP contribution in [0.4, 0.5) is 0 Å². The summed E-state index contributed by atoms with van der Waals surface area (Å²) in [5.74, 6) is 1.49. The lowest BCUT2D eigenvalue weighted by molar-refractivity contribution is -0.121. The molecule has 0 saturated heterocycles. The molecule has 0 unspecified atom stereocenters. The van der Waals surface area contributed by atoms with E-state index >= 15 is 0 Å². The number of hydrogen-bond donors (Lipinski definition) is 1. The predicted molar refractivity (Wildman–Crippen MR) is 93.5 cm³/mol. The molecular weight excluding hydrogens is 338 g/mol. The highest BCUT2D eigenvalue weighted by Crippen LogP contribution is 2.39. The number of aryl methyl sites for hydroxylation is 1. The first kappa shape index (κ1) is 14.8. The maximum absolute atomic E-state index is 12.3. The fourth-order valence-electron chi connectivity index (χ4n) is 3.61. The third-order valence-electron chi connectivity index (χ3n) is 4.70. The molecule has 3 aromatic rings. The lowest BCUT2D eigenvalue weighted by atomic mass is 9.91. The number of carbonyl (C=O) groups excluding carboxylic acids is 1. The summed E-state index contributed by atoms with van der Waals surface area (Å²) in [6, 6.07) is 5.96. The number of nitrogens with one attached hydrogen (secondary N) is 1. The second-order valence-electron chi connectivity index (χ2n) is 6.37. The number of imidazole rings is 1. The Bertz CT molecular complexity index is 991. The summed E-state index contributed by atoms with van der Waals surface area (Å²) in [5.41, 5.74) is 3.08. The van der Waals surface area contributed by atoms with E-state index in [1.165, 1.54) is 4.88 Å². The Kier molecular flexibility index (Phi) is 3.24. The molecule has 5 rings (SSSR count). The van der Waals surface area contributed by atoms with Crippen molar-refractivity contribution >= 4 is 22.2 Å². The van der Waals surface area contributed by atoms with E-state index in [-0.39, 0.29) is 11.8 Å². The molecule has 7 heteroatoms. The SMILES string of the molecule is Cc1cn2c3c(nc2s1)CNC(=O)C[C@@H]3c1ccc2c(c1)OCCO2. The van der Waals surface area contributed by atoms with Crippen LogP contribution in [0.15, 0.2) is 24.4 Å². The maximum atomic E-state index is 12.3. The van der Waals surface area contributed by atoms with Gasteiger partial charge in [-0.15, -0.1) is 11.3 Å². The molecule has 0 aliphatic carbocycles. The summed E-state index contributed by atoms with van der Waals surface area (Å²) in [6.07, 6.45) is 2.50. The van der Waals surface area contributed by atoms with E-state index in [2.05, 4.69) is 22.8 Å². The van der Waals surface area contributed by atoms with Crippen LogP contribution in [0.25, 0.3) is 4.96 Å². The van der Waals surface area contributed by atoms with Gasteiger partial charge in [0.1, 0.15) is 13.2 Å². The van der Waals surface area contributed by atoms with Crippen molar-refractivity contribution in [1.29, 1.82) is 0 Å². The van der Waals surface area contributed by atoms with Gasteiger partial charge < -0.3 is 14.8 Å². The molecule has 0 saturated carbocycles. The molecule has 2 aliphatic heterocycles. The van der Waals surface area contributed by atoms with Gasteiger partial charge >= 0.3 is 0 Å². The number of benzene rings is 1. The molecule has 4 heterocycles. The van der Waals surface area contributed by atoms with Crippen molar-refractivity contribution in [2.45, 2.75) is 25.8 Å². The summed E-state index contributed by atoms with van der Waals surface area (Å²) in [7, 11) is 0. The lowest BCUT2D eigenvalue weighted by Crippen LogP contribution is -2.21. The zero-order chi connectivity index (χ0) is 17.0. The predicted octanol–water partition coefficient (Wildman–Crippen LogP) is 2.63. The van der Waals surface area contributed by atoms with E-state index in [1.54, 1.807) is 11.3 Å². The van der Waals surface area contributed by atoms with Gasteiger partial charge in [-0.05, 0) is 24.6 Å². The maximum Gasteiger partial charge on any atom is 0.221 e. The van der Waals surface area contributed by atoms with Crippen LogP contribution in [-0.4, -0.2) is 28.5 Å². The minimum Gasteiger partial charge on any atom is -0.486 e. The molecule has 1 aromatic carbocycles. The van der Waals surface area contributed by atoms with Gasteiger partial charge in [0.25, 0.3) is 0 Å². The zero-order valence-corrected chi connectivity index (χ0v) is 14.6. The molecule has 6 nitrogen and oxygen atoms in total. The van der Waals surface area contributed by atoms with Gasteiger partial charge in [0.2, 0.25) is 5.91 Å². The first-order valence-corrected chi connectivity index (χ1v) is 9.14. The Labute approximate surface area is 148 Å². The standard InChI is InChI=1S/C18H17N3O3S/c1-10-9-21-17-12(7-16(22)19-8-13(17)20-18(21)25-10)11-2-3-14-15(6-11)24-5-4-23-14/h2-3,6,9,12H,4-5,7-8H2,1H3,(H,19,22)/t12-/m1/s1. The quantitative estimate of drug-likeness (QED) is 0.729. The van der Waals surface area contributed by atoms with Crippen molar-refractivity contribution in [3.05, 3.63) is 46.2 Å². The van der Waals surface area contributed by atoms with Crippen molar-refractivity contribution < 1.29 is 14.3 Å². The fraction of sp³-hybridized carbons (Fsp3) is 0.333. The smallest absolute Gasteiger partial charge is 0.221 e. The second-order valence-corrected chi connectivity index (χ2v) is 7.59. The van der Waals surface area contributed by atoms with Crippen LogP contribution in [0.3, 0.4) is 0 Å².